The molecule has 1 unspecified atom stereocenters. The van der Waals surface area contributed by atoms with E-state index in [0.29, 0.717) is 0 Å². The summed E-state index contributed by atoms with van der Waals surface area (Å²) in [6.45, 7) is -0.822. The summed E-state index contributed by atoms with van der Waals surface area (Å²) in [5.74, 6) is -3.29. The zero-order valence-electron chi connectivity index (χ0n) is 19.3. The Balaban J connectivity index is 1.32. The number of aliphatic hydroxyl groups is 2. The fourth-order valence-electron chi connectivity index (χ4n) is 3.78. The summed E-state index contributed by atoms with van der Waals surface area (Å²) >= 11 is 0. The molecule has 0 saturated carbocycles. The maximum absolute atomic E-state index is 12.3. The first kappa shape index (κ1) is 27.3. The number of anilines is 1. The Morgan fingerprint density at radius 1 is 1.11 bits per heavy atom. The number of carbonyl (C=O) groups is 3. The first-order chi connectivity index (χ1) is 18.0. The molecule has 2 aromatic heterocycles. The molecule has 3 heterocycles. The Hall–Kier alpha value is -3.79. The Labute approximate surface area is 213 Å². The molecule has 0 aliphatic carbocycles. The summed E-state index contributed by atoms with van der Waals surface area (Å²) in [4.78, 5) is 59.5. The number of nitrogen functional groups attached to an aromatic ring is 1. The topological polar surface area (TPSA) is 249 Å². The second-order valence-electron chi connectivity index (χ2n) is 8.11. The van der Waals surface area contributed by atoms with Crippen LogP contribution in [-0.2, 0) is 23.1 Å². The molecule has 0 spiro atoms. The zero-order valence-corrected chi connectivity index (χ0v) is 20.2. The molecule has 1 aliphatic heterocycles. The molecule has 38 heavy (non-hydrogen) atoms. The van der Waals surface area contributed by atoms with Crippen LogP contribution in [0.1, 0.15) is 39.8 Å². The van der Waals surface area contributed by atoms with Gasteiger partial charge in [0.2, 0.25) is 0 Å². The molecule has 1 aliphatic rings. The van der Waals surface area contributed by atoms with E-state index in [0.717, 1.165) is 6.33 Å². The van der Waals surface area contributed by atoms with E-state index in [1.54, 1.807) is 0 Å². The number of nitrogens with two attached hydrogens (primary N) is 1. The van der Waals surface area contributed by atoms with Gasteiger partial charge in [0.25, 0.3) is 0 Å². The molecule has 4 rings (SSSR count). The summed E-state index contributed by atoms with van der Waals surface area (Å²) in [5.41, 5.74) is 5.74. The van der Waals surface area contributed by atoms with Gasteiger partial charge in [0, 0.05) is 12.0 Å². The number of benzene rings is 1. The van der Waals surface area contributed by atoms with Crippen LogP contribution < -0.4 is 10.6 Å². The maximum Gasteiger partial charge on any atom is 0.336 e. The van der Waals surface area contributed by atoms with Gasteiger partial charge in [-0.2, -0.15) is 0 Å². The number of carboxylic acid groups (broad SMARTS) is 1. The third-order valence-corrected chi connectivity index (χ3v) is 6.52. The van der Waals surface area contributed by atoms with Crippen molar-refractivity contribution in [3.63, 3.8) is 0 Å². The number of imidazole rings is 1. The highest BCUT2D eigenvalue weighted by Gasteiger charge is 2.45. The van der Waals surface area contributed by atoms with E-state index in [-0.39, 0.29) is 28.1 Å². The van der Waals surface area contributed by atoms with E-state index < -0.39 is 69.5 Å². The SMILES string of the molecule is Nc1ncnc2c1ncn2[C@@H]1O[C@H](COP(=O)([O-])OC(=O)CCC(=O)c2ccccc2C(=O)O)[C@@H](O)[C@H]1O. The predicted octanol–water partition coefficient (Wildman–Crippen LogP) is -0.583. The van der Waals surface area contributed by atoms with E-state index in [9.17, 15) is 34.1 Å². The lowest BCUT2D eigenvalue weighted by atomic mass is 10.0. The number of hydrogen-bond donors (Lipinski definition) is 4. The number of phosphoric acid groups is 1. The number of ketones is 1. The van der Waals surface area contributed by atoms with Gasteiger partial charge in [0.1, 0.15) is 30.2 Å². The number of phosphoric ester groups is 1. The number of carboxylic acids is 1. The van der Waals surface area contributed by atoms with Crippen molar-refractivity contribution in [2.45, 2.75) is 37.4 Å². The molecule has 202 valence electrons. The first-order valence-electron chi connectivity index (χ1n) is 11.0. The number of fused-ring (bicyclic) bond motifs is 1. The van der Waals surface area contributed by atoms with Crippen molar-refractivity contribution in [1.82, 2.24) is 19.5 Å². The van der Waals surface area contributed by atoms with Gasteiger partial charge in [-0.1, -0.05) is 18.2 Å². The average Bonchev–Trinajstić information content (AvgIpc) is 3.42. The molecule has 3 aromatic rings. The van der Waals surface area contributed by atoms with Gasteiger partial charge in [0.05, 0.1) is 24.9 Å². The van der Waals surface area contributed by atoms with Crippen molar-refractivity contribution < 1.29 is 52.9 Å². The third kappa shape index (κ3) is 5.70. The molecule has 0 bridgehead atoms. The maximum atomic E-state index is 12.3. The average molecular weight is 550 g/mol. The summed E-state index contributed by atoms with van der Waals surface area (Å²) in [6.07, 6.45) is -4.51. The number of Topliss-reactive ketones (excluding diaryl/α,β-unsaturated/α-hetero) is 1. The van der Waals surface area contributed by atoms with E-state index in [1.807, 2.05) is 0 Å². The van der Waals surface area contributed by atoms with Crippen molar-refractivity contribution in [2.75, 3.05) is 12.3 Å². The van der Waals surface area contributed by atoms with Crippen molar-refractivity contribution >= 4 is 42.5 Å². The van der Waals surface area contributed by atoms with Crippen molar-refractivity contribution in [3.05, 3.63) is 48.0 Å². The standard InChI is InChI=1S/C21H22N5O11P/c22-18-15-19(24-8-23-18)26(9-25-15)20-17(30)16(29)13(36-20)7-35-38(33,34)37-14(28)6-5-12(27)10-3-1-2-4-11(10)21(31)32/h1-4,8-9,13,16-17,20,29-30H,5-7H2,(H,31,32)(H,33,34)(H2,22,23,24)/p-1/t13-,16-,17-,20-/m1/s1. The minimum atomic E-state index is -5.26. The zero-order chi connectivity index (χ0) is 27.6. The fraction of sp³-hybridized carbons (Fsp3) is 0.333. The molecule has 5 N–H and O–H groups in total. The van der Waals surface area contributed by atoms with Crippen molar-refractivity contribution in [2.24, 2.45) is 0 Å². The van der Waals surface area contributed by atoms with Gasteiger partial charge in [-0.25, -0.2) is 19.7 Å². The summed E-state index contributed by atoms with van der Waals surface area (Å²) in [6, 6.07) is 5.35. The van der Waals surface area contributed by atoms with Gasteiger partial charge < -0.3 is 39.7 Å². The quantitative estimate of drug-likeness (QED) is 0.182. The number of aromatic nitrogens is 4. The first-order valence-corrected chi connectivity index (χ1v) is 12.4. The highest BCUT2D eigenvalue weighted by Crippen LogP contribution is 2.41. The van der Waals surface area contributed by atoms with Gasteiger partial charge >= 0.3 is 19.8 Å². The molecule has 5 atom stereocenters. The van der Waals surface area contributed by atoms with Crippen LogP contribution in [0.25, 0.3) is 11.2 Å². The minimum Gasteiger partial charge on any atom is -0.746 e. The molecule has 0 radical (unpaired) electrons. The van der Waals surface area contributed by atoms with E-state index in [4.69, 9.17) is 15.6 Å². The van der Waals surface area contributed by atoms with Crippen LogP contribution >= 0.6 is 7.82 Å². The molecule has 1 saturated heterocycles. The molecule has 17 heteroatoms. The molecule has 1 fully saturated rings. The Morgan fingerprint density at radius 3 is 2.53 bits per heavy atom. The highest BCUT2D eigenvalue weighted by atomic mass is 31.2. The summed E-state index contributed by atoms with van der Waals surface area (Å²) in [7, 11) is -5.26. The molecule has 0 amide bonds. The Kier molecular flexibility index (Phi) is 7.82. The minimum absolute atomic E-state index is 0.0728. The van der Waals surface area contributed by atoms with Crippen molar-refractivity contribution in [3.8, 4) is 0 Å². The number of aliphatic hydroxyl groups excluding tert-OH is 2. The largest absolute Gasteiger partial charge is 0.746 e. The van der Waals surface area contributed by atoms with Gasteiger partial charge in [-0.3, -0.25) is 18.7 Å². The lowest BCUT2D eigenvalue weighted by Gasteiger charge is -2.24. The number of hydrogen-bond acceptors (Lipinski definition) is 14. The van der Waals surface area contributed by atoms with Crippen LogP contribution in [0, 0.1) is 0 Å². The smallest absolute Gasteiger partial charge is 0.336 e. The second-order valence-corrected chi connectivity index (χ2v) is 9.44. The van der Waals surface area contributed by atoms with Crippen LogP contribution in [0.5, 0.6) is 0 Å². The predicted molar refractivity (Wildman–Crippen MR) is 122 cm³/mol. The van der Waals surface area contributed by atoms with Crippen molar-refractivity contribution in [1.29, 1.82) is 0 Å². The van der Waals surface area contributed by atoms with Crippen LogP contribution in [0.4, 0.5) is 5.82 Å². The molecule has 16 nitrogen and oxygen atoms in total. The Morgan fingerprint density at radius 2 is 1.82 bits per heavy atom. The number of ether oxygens (including phenoxy) is 1. The van der Waals surface area contributed by atoms with E-state index >= 15 is 0 Å². The van der Waals surface area contributed by atoms with Crippen LogP contribution in [0.15, 0.2) is 36.9 Å². The van der Waals surface area contributed by atoms with E-state index in [1.165, 1.54) is 35.2 Å². The number of aromatic carboxylic acids is 1. The van der Waals surface area contributed by atoms with Gasteiger partial charge in [-0.15, -0.1) is 0 Å². The van der Waals surface area contributed by atoms with Crippen LogP contribution in [0.3, 0.4) is 0 Å². The third-order valence-electron chi connectivity index (χ3n) is 5.62. The lowest BCUT2D eigenvalue weighted by molar-refractivity contribution is -0.227. The molecule has 1 aromatic carbocycles. The monoisotopic (exact) mass is 550 g/mol. The number of carbonyl (C=O) groups excluding carboxylic acids is 2. The normalized spacial score (nSPS) is 22.7. The van der Waals surface area contributed by atoms with Crippen LogP contribution in [-0.4, -0.2) is 77.5 Å². The summed E-state index contributed by atoms with van der Waals surface area (Å²) in [5, 5.41) is 29.9. The lowest BCUT2D eigenvalue weighted by Crippen LogP contribution is -2.34. The van der Waals surface area contributed by atoms with Gasteiger partial charge in [-0.05, 0) is 6.07 Å². The number of nitrogens with zero attached hydrogens (tertiary/aromatic N) is 4. The summed E-state index contributed by atoms with van der Waals surface area (Å²) < 4.78 is 27.9. The molecular weight excluding hydrogens is 529 g/mol. The Bertz CT molecular complexity index is 1430. The van der Waals surface area contributed by atoms with E-state index in [2.05, 4.69) is 24.0 Å². The number of rotatable bonds is 10. The van der Waals surface area contributed by atoms with Crippen LogP contribution in [0.2, 0.25) is 0 Å². The highest BCUT2D eigenvalue weighted by molar-refractivity contribution is 7.46. The second kappa shape index (κ2) is 10.9. The van der Waals surface area contributed by atoms with Gasteiger partial charge in [0.15, 0.2) is 23.5 Å². The fourth-order valence-corrected chi connectivity index (χ4v) is 4.50. The molecular formula is C21H21N5O11P-.